The van der Waals surface area contributed by atoms with E-state index in [0.717, 1.165) is 49.0 Å². The molecule has 2 aromatic rings. The van der Waals surface area contributed by atoms with E-state index < -0.39 is 23.5 Å². The quantitative estimate of drug-likeness (QED) is 0.735. The molecule has 0 bridgehead atoms. The van der Waals surface area contributed by atoms with Gasteiger partial charge in [0.05, 0.1) is 12.2 Å². The van der Waals surface area contributed by atoms with Crippen LogP contribution in [0.25, 0.3) is 0 Å². The molecule has 0 spiro atoms. The second-order valence-electron chi connectivity index (χ2n) is 6.36. The molecule has 0 aromatic carbocycles. The molecule has 2 heterocycles. The van der Waals surface area contributed by atoms with Gasteiger partial charge in [-0.1, -0.05) is 12.8 Å². The molecule has 2 aromatic heterocycles. The van der Waals surface area contributed by atoms with Crippen LogP contribution in [0.4, 0.5) is 5.00 Å². The summed E-state index contributed by atoms with van der Waals surface area (Å²) in [6.45, 7) is 1.95. The number of carboxylic acid groups (broad SMARTS) is 1. The number of esters is 1. The lowest BCUT2D eigenvalue weighted by atomic mass is 9.96. The molecule has 2 N–H and O–H groups in total. The number of carbonyl (C=O) groups is 3. The van der Waals surface area contributed by atoms with Crippen LogP contribution in [0.2, 0.25) is 0 Å². The number of rotatable bonds is 5. The third kappa shape index (κ3) is 4.19. The van der Waals surface area contributed by atoms with Crippen LogP contribution in [-0.2, 0) is 17.6 Å². The largest absolute Gasteiger partial charge is 0.476 e. The molecule has 148 valence electrons. The van der Waals surface area contributed by atoms with E-state index in [1.54, 1.807) is 6.92 Å². The van der Waals surface area contributed by atoms with E-state index in [-0.39, 0.29) is 12.3 Å². The number of carboxylic acids is 1. The van der Waals surface area contributed by atoms with E-state index in [9.17, 15) is 19.5 Å². The Kier molecular flexibility index (Phi) is 6.35. The first-order chi connectivity index (χ1) is 13.5. The molecule has 0 radical (unpaired) electrons. The van der Waals surface area contributed by atoms with Crippen LogP contribution in [0.3, 0.4) is 0 Å². The zero-order valence-electron chi connectivity index (χ0n) is 15.5. The highest BCUT2D eigenvalue weighted by Gasteiger charge is 2.28. The highest BCUT2D eigenvalue weighted by molar-refractivity contribution is 7.17. The fourth-order valence-electron chi connectivity index (χ4n) is 3.25. The van der Waals surface area contributed by atoms with Gasteiger partial charge in [0.2, 0.25) is 0 Å². The summed E-state index contributed by atoms with van der Waals surface area (Å²) in [7, 11) is 0. The van der Waals surface area contributed by atoms with Crippen molar-refractivity contribution in [3.63, 3.8) is 0 Å². The van der Waals surface area contributed by atoms with Gasteiger partial charge in [0.25, 0.3) is 5.91 Å². The zero-order valence-corrected chi connectivity index (χ0v) is 16.3. The van der Waals surface area contributed by atoms with E-state index in [0.29, 0.717) is 10.6 Å². The second-order valence-corrected chi connectivity index (χ2v) is 7.46. The number of aromatic nitrogens is 2. The average molecular weight is 403 g/mol. The summed E-state index contributed by atoms with van der Waals surface area (Å²) in [6.07, 6.45) is 8.28. The third-order valence-electron chi connectivity index (χ3n) is 4.49. The molecule has 0 unspecified atom stereocenters. The monoisotopic (exact) mass is 403 g/mol. The van der Waals surface area contributed by atoms with Crippen molar-refractivity contribution in [2.45, 2.75) is 45.4 Å². The van der Waals surface area contributed by atoms with Crippen LogP contribution in [0, 0.1) is 0 Å². The number of hydrogen-bond donors (Lipinski definition) is 2. The van der Waals surface area contributed by atoms with Crippen molar-refractivity contribution in [1.82, 2.24) is 9.97 Å². The normalized spacial score (nSPS) is 13.8. The number of aromatic carboxylic acids is 1. The van der Waals surface area contributed by atoms with E-state index in [1.165, 1.54) is 23.7 Å². The van der Waals surface area contributed by atoms with Crippen LogP contribution >= 0.6 is 11.3 Å². The molecule has 1 amide bonds. The molecule has 0 fully saturated rings. The van der Waals surface area contributed by atoms with Gasteiger partial charge in [-0.2, -0.15) is 0 Å². The molecular weight excluding hydrogens is 382 g/mol. The number of amides is 1. The molecule has 3 rings (SSSR count). The van der Waals surface area contributed by atoms with Gasteiger partial charge < -0.3 is 15.2 Å². The summed E-state index contributed by atoms with van der Waals surface area (Å²) in [5, 5.41) is 12.3. The summed E-state index contributed by atoms with van der Waals surface area (Å²) in [5.41, 5.74) is 0.562. The number of fused-ring (bicyclic) bond motifs is 1. The van der Waals surface area contributed by atoms with Gasteiger partial charge in [-0.25, -0.2) is 19.6 Å². The maximum Gasteiger partial charge on any atom is 0.356 e. The number of thiophene rings is 1. The number of nitrogens with one attached hydrogen (secondary N) is 1. The first-order valence-electron chi connectivity index (χ1n) is 9.20. The van der Waals surface area contributed by atoms with Gasteiger partial charge >= 0.3 is 11.9 Å². The van der Waals surface area contributed by atoms with Gasteiger partial charge in [-0.15, -0.1) is 11.3 Å². The Balaban J connectivity index is 1.99. The Morgan fingerprint density at radius 1 is 1.11 bits per heavy atom. The number of carbonyl (C=O) groups excluding carboxylic acids is 2. The van der Waals surface area contributed by atoms with Crippen molar-refractivity contribution >= 4 is 34.2 Å². The van der Waals surface area contributed by atoms with Gasteiger partial charge in [-0.05, 0) is 38.2 Å². The smallest absolute Gasteiger partial charge is 0.356 e. The van der Waals surface area contributed by atoms with Crippen molar-refractivity contribution in [3.8, 4) is 0 Å². The van der Waals surface area contributed by atoms with Gasteiger partial charge in [0.1, 0.15) is 5.00 Å². The molecule has 28 heavy (non-hydrogen) atoms. The van der Waals surface area contributed by atoms with Crippen LogP contribution in [0.15, 0.2) is 12.4 Å². The lowest BCUT2D eigenvalue weighted by Crippen LogP contribution is -2.20. The van der Waals surface area contributed by atoms with E-state index in [2.05, 4.69) is 15.3 Å². The second kappa shape index (κ2) is 8.92. The lowest BCUT2D eigenvalue weighted by molar-refractivity contribution is 0.0526. The molecule has 0 atom stereocenters. The Hall–Kier alpha value is -2.81. The molecule has 9 heteroatoms. The fraction of sp³-hybridized carbons (Fsp3) is 0.421. The molecule has 1 aliphatic carbocycles. The van der Waals surface area contributed by atoms with Gasteiger partial charge in [0.15, 0.2) is 11.4 Å². The SMILES string of the molecule is CCOC(=O)c1c(NC(=O)c2nccnc2C(=O)O)sc2c1CCCCCC2. The van der Waals surface area contributed by atoms with Crippen molar-refractivity contribution in [2.24, 2.45) is 0 Å². The Morgan fingerprint density at radius 2 is 1.79 bits per heavy atom. The minimum absolute atomic E-state index is 0.226. The van der Waals surface area contributed by atoms with Crippen LogP contribution in [-0.4, -0.2) is 39.5 Å². The maximum absolute atomic E-state index is 12.7. The number of hydrogen-bond acceptors (Lipinski definition) is 7. The van der Waals surface area contributed by atoms with E-state index in [4.69, 9.17) is 4.74 Å². The van der Waals surface area contributed by atoms with Gasteiger partial charge in [-0.3, -0.25) is 4.79 Å². The summed E-state index contributed by atoms with van der Waals surface area (Å²) >= 11 is 1.35. The fourth-order valence-corrected chi connectivity index (χ4v) is 4.52. The molecule has 1 aliphatic rings. The van der Waals surface area contributed by atoms with E-state index >= 15 is 0 Å². The van der Waals surface area contributed by atoms with Crippen LogP contribution in [0.1, 0.15) is 74.4 Å². The predicted octanol–water partition coefficient (Wildman–Crippen LogP) is 3.32. The zero-order chi connectivity index (χ0) is 20.1. The number of aryl methyl sites for hydroxylation is 1. The first kappa shape index (κ1) is 19.9. The third-order valence-corrected chi connectivity index (χ3v) is 5.70. The Morgan fingerprint density at radius 3 is 2.46 bits per heavy atom. The average Bonchev–Trinajstić information content (AvgIpc) is 2.98. The predicted molar refractivity (Wildman–Crippen MR) is 103 cm³/mol. The van der Waals surface area contributed by atoms with Crippen LogP contribution in [0.5, 0.6) is 0 Å². The highest BCUT2D eigenvalue weighted by atomic mass is 32.1. The summed E-state index contributed by atoms with van der Waals surface area (Å²) in [4.78, 5) is 45.2. The van der Waals surface area contributed by atoms with Crippen molar-refractivity contribution < 1.29 is 24.2 Å². The van der Waals surface area contributed by atoms with Crippen molar-refractivity contribution in [3.05, 3.63) is 39.8 Å². The Bertz CT molecular complexity index is 909. The first-order valence-corrected chi connectivity index (χ1v) is 10.0. The highest BCUT2D eigenvalue weighted by Crippen LogP contribution is 2.37. The summed E-state index contributed by atoms with van der Waals surface area (Å²) < 4.78 is 5.21. The van der Waals surface area contributed by atoms with Crippen LogP contribution < -0.4 is 5.32 Å². The van der Waals surface area contributed by atoms with E-state index in [1.807, 2.05) is 0 Å². The lowest BCUT2D eigenvalue weighted by Gasteiger charge is -2.11. The molecule has 8 nitrogen and oxygen atoms in total. The molecule has 0 aliphatic heterocycles. The summed E-state index contributed by atoms with van der Waals surface area (Å²) in [6, 6.07) is 0. The van der Waals surface area contributed by atoms with Gasteiger partial charge in [0, 0.05) is 17.3 Å². The molecule has 0 saturated carbocycles. The number of ether oxygens (including phenoxy) is 1. The molecule has 0 saturated heterocycles. The molecular formula is C19H21N3O5S. The topological polar surface area (TPSA) is 118 Å². The van der Waals surface area contributed by atoms with Crippen molar-refractivity contribution in [1.29, 1.82) is 0 Å². The van der Waals surface area contributed by atoms with Crippen molar-refractivity contribution in [2.75, 3.05) is 11.9 Å². The minimum atomic E-state index is -1.35. The summed E-state index contributed by atoms with van der Waals surface area (Å²) in [5.74, 6) is -2.54. The number of nitrogens with zero attached hydrogens (tertiary/aromatic N) is 2. The maximum atomic E-state index is 12.7. The minimum Gasteiger partial charge on any atom is -0.476 e. The number of anilines is 1. The standard InChI is InChI=1S/C19H21N3O5S/c1-2-27-19(26)13-11-7-5-3-4-6-8-12(11)28-17(13)22-16(23)14-15(18(24)25)21-10-9-20-14/h9-10H,2-8H2,1H3,(H,22,23)(H,24,25). The Labute approximate surface area is 166 Å².